The fraction of sp³-hybridized carbons (Fsp3) is 0.278. The lowest BCUT2D eigenvalue weighted by Crippen LogP contribution is -2.86. The van der Waals surface area contributed by atoms with Crippen LogP contribution in [0.1, 0.15) is 24.1 Å². The Kier molecular flexibility index (Phi) is 6.77. The van der Waals surface area contributed by atoms with Crippen molar-refractivity contribution in [2.24, 2.45) is 0 Å². The van der Waals surface area contributed by atoms with Gasteiger partial charge in [-0.2, -0.15) is 0 Å². The Bertz CT molecular complexity index is 900. The predicted molar refractivity (Wildman–Crippen MR) is 103 cm³/mol. The monoisotopic (exact) mass is 396 g/mol. The Morgan fingerprint density at radius 3 is 2.58 bits per heavy atom. The average Bonchev–Trinajstić information content (AvgIpc) is 2.61. The Morgan fingerprint density at radius 2 is 1.92 bits per heavy atom. The number of nitrogens with one attached hydrogen (secondary N) is 2. The number of carbonyl (C=O) groups excluding carboxylic acids is 1. The molecule has 0 bridgehead atoms. The van der Waals surface area contributed by atoms with Crippen molar-refractivity contribution < 1.29 is 18.5 Å². The molecule has 0 fully saturated rings. The van der Waals surface area contributed by atoms with E-state index in [-0.39, 0.29) is 23.4 Å². The minimum absolute atomic E-state index is 0.0210. The number of quaternary nitrogens is 1. The van der Waals surface area contributed by atoms with Crippen LogP contribution in [0.15, 0.2) is 47.4 Å². The molecule has 0 radical (unpaired) electrons. The minimum Gasteiger partial charge on any atom is -0.332 e. The molecular weight excluding hydrogens is 374 g/mol. The summed E-state index contributed by atoms with van der Waals surface area (Å²) in [5.41, 5.74) is 2.00. The molecule has 26 heavy (non-hydrogen) atoms. The smallest absolute Gasteiger partial charge is 0.279 e. The van der Waals surface area contributed by atoms with Crippen LogP contribution in [0.2, 0.25) is 5.02 Å². The summed E-state index contributed by atoms with van der Waals surface area (Å²) >= 11 is 6.17. The average molecular weight is 397 g/mol. The van der Waals surface area contributed by atoms with E-state index >= 15 is 0 Å². The molecule has 2 aromatic rings. The van der Waals surface area contributed by atoms with Crippen molar-refractivity contribution in [2.75, 3.05) is 18.9 Å². The van der Waals surface area contributed by atoms with E-state index in [0.29, 0.717) is 16.3 Å². The highest BCUT2D eigenvalue weighted by Crippen LogP contribution is 2.20. The third-order valence-corrected chi connectivity index (χ3v) is 5.98. The van der Waals surface area contributed by atoms with Crippen LogP contribution in [0.3, 0.4) is 0 Å². The Hall–Kier alpha value is -1.93. The maximum Gasteiger partial charge on any atom is 0.279 e. The Balaban J connectivity index is 2.02. The molecule has 8 heteroatoms. The van der Waals surface area contributed by atoms with Gasteiger partial charge in [0.05, 0.1) is 4.90 Å². The van der Waals surface area contributed by atoms with Crippen LogP contribution >= 0.6 is 11.6 Å². The van der Waals surface area contributed by atoms with Crippen LogP contribution in [-0.4, -0.2) is 27.9 Å². The number of hydrogen-bond donors (Lipinski definition) is 3. The highest BCUT2D eigenvalue weighted by Gasteiger charge is 2.17. The standard InChI is InChI=1S/C18H22ClN3O3S/c1-12-8-9-14(10-17(12)26(24,25)20-3)22-18(23)11-21-13(2)15-6-4-5-7-16(15)19/h4-10,13,20-21H,11H2,1-3H3,(H,22,23)/p+1/t13-/m0/s1. The molecule has 0 aliphatic rings. The van der Waals surface area contributed by atoms with E-state index in [9.17, 15) is 13.2 Å². The third-order valence-electron chi connectivity index (χ3n) is 4.08. The molecule has 2 rings (SSSR count). The van der Waals surface area contributed by atoms with Gasteiger partial charge < -0.3 is 10.6 Å². The van der Waals surface area contributed by atoms with E-state index in [2.05, 4.69) is 10.0 Å². The van der Waals surface area contributed by atoms with Crippen molar-refractivity contribution >= 4 is 33.2 Å². The van der Waals surface area contributed by atoms with E-state index in [0.717, 1.165) is 5.56 Å². The highest BCUT2D eigenvalue weighted by molar-refractivity contribution is 7.89. The van der Waals surface area contributed by atoms with Crippen LogP contribution in [0.4, 0.5) is 5.69 Å². The van der Waals surface area contributed by atoms with Crippen LogP contribution in [0, 0.1) is 6.92 Å². The molecule has 1 amide bonds. The number of benzene rings is 2. The van der Waals surface area contributed by atoms with E-state index < -0.39 is 10.0 Å². The number of amides is 1. The molecule has 0 heterocycles. The predicted octanol–water partition coefficient (Wildman–Crippen LogP) is 1.82. The third kappa shape index (κ3) is 5.04. The fourth-order valence-corrected chi connectivity index (χ4v) is 3.85. The second-order valence-corrected chi connectivity index (χ2v) is 8.25. The molecule has 1 atom stereocenters. The lowest BCUT2D eigenvalue weighted by Gasteiger charge is -2.13. The van der Waals surface area contributed by atoms with Crippen LogP contribution in [0.5, 0.6) is 0 Å². The zero-order valence-corrected chi connectivity index (χ0v) is 16.5. The van der Waals surface area contributed by atoms with Crippen molar-refractivity contribution in [2.45, 2.75) is 24.8 Å². The van der Waals surface area contributed by atoms with Gasteiger partial charge in [0.25, 0.3) is 5.91 Å². The summed E-state index contributed by atoms with van der Waals surface area (Å²) < 4.78 is 26.3. The number of sulfonamides is 1. The number of halogens is 1. The molecule has 0 aliphatic carbocycles. The lowest BCUT2D eigenvalue weighted by atomic mass is 10.1. The molecular formula is C18H23ClN3O3S+. The summed E-state index contributed by atoms with van der Waals surface area (Å²) in [7, 11) is -2.23. The molecule has 0 saturated carbocycles. The van der Waals surface area contributed by atoms with Gasteiger partial charge in [0, 0.05) is 16.3 Å². The first-order chi connectivity index (χ1) is 12.2. The first-order valence-corrected chi connectivity index (χ1v) is 10.0. The summed E-state index contributed by atoms with van der Waals surface area (Å²) in [6.45, 7) is 3.86. The second-order valence-electron chi connectivity index (χ2n) is 5.99. The summed E-state index contributed by atoms with van der Waals surface area (Å²) in [5.74, 6) is -0.222. The Labute approximate surface area is 159 Å². The second kappa shape index (κ2) is 8.64. The first kappa shape index (κ1) is 20.4. The largest absolute Gasteiger partial charge is 0.332 e. The van der Waals surface area contributed by atoms with Gasteiger partial charge in [-0.15, -0.1) is 0 Å². The number of rotatable bonds is 7. The lowest BCUT2D eigenvalue weighted by molar-refractivity contribution is -0.682. The summed E-state index contributed by atoms with van der Waals surface area (Å²) in [5, 5.41) is 5.27. The van der Waals surface area contributed by atoms with Gasteiger partial charge in [0.2, 0.25) is 10.0 Å². The molecule has 4 N–H and O–H groups in total. The molecule has 0 aromatic heterocycles. The number of anilines is 1. The quantitative estimate of drug-likeness (QED) is 0.666. The zero-order chi connectivity index (χ0) is 19.3. The van der Waals surface area contributed by atoms with E-state index in [4.69, 9.17) is 11.6 Å². The van der Waals surface area contributed by atoms with E-state index in [1.54, 1.807) is 19.1 Å². The molecule has 6 nitrogen and oxygen atoms in total. The molecule has 0 aliphatic heterocycles. The van der Waals surface area contributed by atoms with Gasteiger partial charge >= 0.3 is 0 Å². The maximum absolute atomic E-state index is 12.2. The van der Waals surface area contributed by atoms with Gasteiger partial charge in [-0.3, -0.25) is 4.79 Å². The minimum atomic E-state index is -3.58. The number of carbonyl (C=O) groups is 1. The van der Waals surface area contributed by atoms with Gasteiger partial charge in [0.1, 0.15) is 6.04 Å². The number of aryl methyl sites for hydroxylation is 1. The van der Waals surface area contributed by atoms with Crippen LogP contribution < -0.4 is 15.4 Å². The topological polar surface area (TPSA) is 91.9 Å². The highest BCUT2D eigenvalue weighted by atomic mass is 35.5. The molecule has 0 unspecified atom stereocenters. The molecule has 140 valence electrons. The van der Waals surface area contributed by atoms with Crippen molar-refractivity contribution in [1.82, 2.24) is 4.72 Å². The van der Waals surface area contributed by atoms with E-state index in [1.807, 2.05) is 36.5 Å². The summed E-state index contributed by atoms with van der Waals surface area (Å²) in [4.78, 5) is 12.4. The zero-order valence-electron chi connectivity index (χ0n) is 14.9. The van der Waals surface area contributed by atoms with Crippen molar-refractivity contribution in [1.29, 1.82) is 0 Å². The van der Waals surface area contributed by atoms with Crippen LogP contribution in [0.25, 0.3) is 0 Å². The van der Waals surface area contributed by atoms with Gasteiger partial charge in [-0.1, -0.05) is 35.9 Å². The van der Waals surface area contributed by atoms with Crippen molar-refractivity contribution in [3.8, 4) is 0 Å². The summed E-state index contributed by atoms with van der Waals surface area (Å²) in [6, 6.07) is 12.3. The number of hydrogen-bond acceptors (Lipinski definition) is 3. The van der Waals surface area contributed by atoms with Gasteiger partial charge in [0.15, 0.2) is 6.54 Å². The van der Waals surface area contributed by atoms with Crippen molar-refractivity contribution in [3.05, 3.63) is 58.6 Å². The summed E-state index contributed by atoms with van der Waals surface area (Å²) in [6.07, 6.45) is 0. The van der Waals surface area contributed by atoms with E-state index in [1.165, 1.54) is 13.1 Å². The SMILES string of the molecule is CNS(=O)(=O)c1cc(NC(=O)C[NH2+][C@@H](C)c2ccccc2Cl)ccc1C. The van der Waals surface area contributed by atoms with Crippen molar-refractivity contribution in [3.63, 3.8) is 0 Å². The molecule has 0 spiro atoms. The Morgan fingerprint density at radius 1 is 1.23 bits per heavy atom. The first-order valence-electron chi connectivity index (χ1n) is 8.16. The van der Waals surface area contributed by atoms with Gasteiger partial charge in [-0.25, -0.2) is 13.1 Å². The molecule has 2 aromatic carbocycles. The van der Waals surface area contributed by atoms with Gasteiger partial charge in [-0.05, 0) is 44.7 Å². The number of nitrogens with two attached hydrogens (primary N) is 1. The maximum atomic E-state index is 12.2. The van der Waals surface area contributed by atoms with Crippen LogP contribution in [-0.2, 0) is 14.8 Å². The fourth-order valence-electron chi connectivity index (χ4n) is 2.54. The normalized spacial score (nSPS) is 12.6. The molecule has 0 saturated heterocycles.